The molecular weight excluding hydrogens is 617 g/mol. The summed E-state index contributed by atoms with van der Waals surface area (Å²) in [5.41, 5.74) is 12.5. The molecule has 1 fully saturated rings. The van der Waals surface area contributed by atoms with Gasteiger partial charge in [0.1, 0.15) is 24.1 Å². The largest absolute Gasteiger partial charge is 0.507 e. The Balaban J connectivity index is 0.00000128. The van der Waals surface area contributed by atoms with Crippen LogP contribution in [0.5, 0.6) is 23.0 Å². The summed E-state index contributed by atoms with van der Waals surface area (Å²) in [5.74, 6) is 1.98. The van der Waals surface area contributed by atoms with Crippen LogP contribution in [0.25, 0.3) is 0 Å². The number of phenolic OH excluding ortho intramolecular Hbond substituents is 1. The third-order valence-corrected chi connectivity index (χ3v) is 9.66. The van der Waals surface area contributed by atoms with Crippen LogP contribution in [0, 0.1) is 32.1 Å². The van der Waals surface area contributed by atoms with E-state index in [4.69, 9.17) is 43.1 Å². The SMILES string of the molecule is C=CCOc1c(C)c2c(c3c1CC1[C@H]4c5c(cc(C)c(C)c5O)C[C@@H]([C@H](C#N)N1[C@H]3CNC(=O)[C@H](C)N)N4C)OCO2.ClCCl. The van der Waals surface area contributed by atoms with E-state index in [1.165, 1.54) is 0 Å². The number of phenols is 1. The topological polar surface area (TPSA) is 133 Å². The molecule has 2 aromatic carbocycles. The van der Waals surface area contributed by atoms with Crippen molar-refractivity contribution in [2.75, 3.05) is 32.3 Å². The molecule has 1 saturated heterocycles. The summed E-state index contributed by atoms with van der Waals surface area (Å²) in [5, 5.41) is 25.5. The number of fused-ring (bicyclic) bond motifs is 9. The van der Waals surface area contributed by atoms with Gasteiger partial charge >= 0.3 is 0 Å². The minimum atomic E-state index is -0.688. The van der Waals surface area contributed by atoms with Crippen molar-refractivity contribution in [2.45, 2.75) is 76.8 Å². The van der Waals surface area contributed by atoms with Crippen LogP contribution in [-0.2, 0) is 17.6 Å². The molecule has 4 heterocycles. The van der Waals surface area contributed by atoms with Crippen LogP contribution in [-0.4, -0.2) is 77.3 Å². The Hall–Kier alpha value is -3.20. The number of nitrogens with one attached hydrogen (secondary N) is 1. The molecule has 0 radical (unpaired) electrons. The number of piperazine rings is 1. The molecule has 45 heavy (non-hydrogen) atoms. The molecule has 4 N–H and O–H groups in total. The van der Waals surface area contributed by atoms with Gasteiger partial charge in [-0.05, 0) is 64.3 Å². The van der Waals surface area contributed by atoms with Gasteiger partial charge < -0.3 is 30.4 Å². The number of nitrogens with two attached hydrogens (primary N) is 1. The zero-order valence-electron chi connectivity index (χ0n) is 26.3. The zero-order chi connectivity index (χ0) is 32.7. The number of likely N-dealkylation sites (N-methyl/N-ethyl adjacent to an activating group) is 1. The van der Waals surface area contributed by atoms with Crippen molar-refractivity contribution in [3.8, 4) is 29.1 Å². The number of aryl methyl sites for hydroxylation is 1. The molecule has 4 aliphatic rings. The monoisotopic (exact) mass is 657 g/mol. The first-order chi connectivity index (χ1) is 21.5. The Kier molecular flexibility index (Phi) is 9.78. The number of amides is 1. The standard InChI is InChI=1S/C32H39N5O5.CH2Cl2/c1-7-8-40-29-17(4)30-31(42-14-41-30)26-20(29)11-22-27-25-19(9-15(2)16(3)28(25)38)10-21(36(27)6)23(12-33)37(22)24(26)13-35-32(39)18(5)34;2-1-3/h7,9,18,21-24,27,38H,1,8,10-11,13-14,34H2,2-6H3,(H,35,39);1H2/t18-,21-,22?,23-,24-,27-;/m0./s1. The molecule has 10 nitrogen and oxygen atoms in total. The molecule has 4 aliphatic heterocycles. The molecule has 0 saturated carbocycles. The third-order valence-electron chi connectivity index (χ3n) is 9.66. The Morgan fingerprint density at radius 1 is 1.24 bits per heavy atom. The molecular formula is C33H41Cl2N5O5. The minimum absolute atomic E-state index is 0.0748. The van der Waals surface area contributed by atoms with Crippen molar-refractivity contribution in [2.24, 2.45) is 5.73 Å². The van der Waals surface area contributed by atoms with Crippen LogP contribution >= 0.6 is 23.2 Å². The maximum Gasteiger partial charge on any atom is 0.236 e. The number of rotatable bonds is 6. The van der Waals surface area contributed by atoms with Crippen molar-refractivity contribution in [1.29, 1.82) is 5.26 Å². The summed E-state index contributed by atoms with van der Waals surface area (Å²) < 4.78 is 18.3. The van der Waals surface area contributed by atoms with Crippen LogP contribution in [0.15, 0.2) is 18.7 Å². The molecule has 242 valence electrons. The number of nitrogens with zero attached hydrogens (tertiary/aromatic N) is 3. The minimum Gasteiger partial charge on any atom is -0.507 e. The van der Waals surface area contributed by atoms with E-state index in [1.807, 2.05) is 20.8 Å². The summed E-state index contributed by atoms with van der Waals surface area (Å²) in [6, 6.07) is 2.66. The quantitative estimate of drug-likeness (QED) is 0.308. The third kappa shape index (κ3) is 5.49. The summed E-state index contributed by atoms with van der Waals surface area (Å²) in [6.45, 7) is 12.0. The van der Waals surface area contributed by atoms with E-state index >= 15 is 0 Å². The maximum absolute atomic E-state index is 12.8. The average Bonchev–Trinajstić information content (AvgIpc) is 3.50. The highest BCUT2D eigenvalue weighted by atomic mass is 35.5. The normalized spacial score (nSPS) is 25.0. The van der Waals surface area contributed by atoms with Gasteiger partial charge in [-0.2, -0.15) is 5.26 Å². The van der Waals surface area contributed by atoms with Gasteiger partial charge in [0.15, 0.2) is 11.5 Å². The number of nitriles is 1. The van der Waals surface area contributed by atoms with E-state index in [1.54, 1.807) is 13.0 Å². The average molecular weight is 659 g/mol. The van der Waals surface area contributed by atoms with Crippen molar-refractivity contribution < 1.29 is 24.1 Å². The predicted octanol–water partition coefficient (Wildman–Crippen LogP) is 4.27. The summed E-state index contributed by atoms with van der Waals surface area (Å²) in [7, 11) is 2.05. The number of hydrogen-bond donors (Lipinski definition) is 3. The van der Waals surface area contributed by atoms with Gasteiger partial charge in [-0.15, -0.1) is 23.2 Å². The van der Waals surface area contributed by atoms with Gasteiger partial charge in [0, 0.05) is 40.9 Å². The molecule has 1 amide bonds. The summed E-state index contributed by atoms with van der Waals surface area (Å²) in [4.78, 5) is 17.3. The molecule has 0 aliphatic carbocycles. The Morgan fingerprint density at radius 3 is 2.58 bits per heavy atom. The molecule has 1 unspecified atom stereocenters. The van der Waals surface area contributed by atoms with Crippen molar-refractivity contribution in [3.05, 3.63) is 57.7 Å². The van der Waals surface area contributed by atoms with Crippen LogP contribution in [0.4, 0.5) is 0 Å². The lowest BCUT2D eigenvalue weighted by Crippen LogP contribution is -2.68. The smallest absolute Gasteiger partial charge is 0.236 e. The van der Waals surface area contributed by atoms with Crippen molar-refractivity contribution >= 4 is 29.1 Å². The van der Waals surface area contributed by atoms with Gasteiger partial charge in [-0.3, -0.25) is 14.6 Å². The molecule has 6 atom stereocenters. The van der Waals surface area contributed by atoms with E-state index in [0.717, 1.165) is 38.9 Å². The lowest BCUT2D eigenvalue weighted by atomic mass is 9.71. The van der Waals surface area contributed by atoms with E-state index in [9.17, 15) is 15.2 Å². The fourth-order valence-electron chi connectivity index (χ4n) is 7.59. The fraction of sp³-hybridized carbons (Fsp3) is 0.515. The van der Waals surface area contributed by atoms with Gasteiger partial charge in [-0.1, -0.05) is 18.7 Å². The fourth-order valence-corrected chi connectivity index (χ4v) is 7.59. The van der Waals surface area contributed by atoms with E-state index in [2.05, 4.69) is 40.9 Å². The second-order valence-corrected chi connectivity index (χ2v) is 12.9. The van der Waals surface area contributed by atoms with Crippen LogP contribution in [0.1, 0.15) is 58.0 Å². The first kappa shape index (κ1) is 33.2. The van der Waals surface area contributed by atoms with E-state index < -0.39 is 18.1 Å². The van der Waals surface area contributed by atoms with Crippen molar-refractivity contribution in [3.63, 3.8) is 0 Å². The molecule has 0 spiro atoms. The highest BCUT2D eigenvalue weighted by molar-refractivity contribution is 6.40. The molecule has 12 heteroatoms. The van der Waals surface area contributed by atoms with Crippen molar-refractivity contribution in [1.82, 2.24) is 15.1 Å². The molecule has 6 rings (SSSR count). The summed E-state index contributed by atoms with van der Waals surface area (Å²) >= 11 is 9.53. The lowest BCUT2D eigenvalue weighted by molar-refractivity contribution is -0.123. The van der Waals surface area contributed by atoms with Crippen LogP contribution in [0.2, 0.25) is 0 Å². The Morgan fingerprint density at radius 2 is 1.93 bits per heavy atom. The predicted molar refractivity (Wildman–Crippen MR) is 173 cm³/mol. The van der Waals surface area contributed by atoms with Gasteiger partial charge in [0.05, 0.1) is 29.5 Å². The number of halogens is 2. The first-order valence-corrected chi connectivity index (χ1v) is 16.1. The molecule has 0 aromatic heterocycles. The number of hydrogen-bond acceptors (Lipinski definition) is 9. The first-order valence-electron chi connectivity index (χ1n) is 15.1. The van der Waals surface area contributed by atoms with E-state index in [-0.39, 0.29) is 42.7 Å². The number of aromatic hydroxyl groups is 1. The Labute approximate surface area is 274 Å². The van der Waals surface area contributed by atoms with Crippen LogP contribution in [0.3, 0.4) is 0 Å². The highest BCUT2D eigenvalue weighted by Crippen LogP contribution is 2.57. The summed E-state index contributed by atoms with van der Waals surface area (Å²) in [6.07, 6.45) is 2.88. The number of alkyl halides is 2. The van der Waals surface area contributed by atoms with Gasteiger partial charge in [0.25, 0.3) is 0 Å². The second-order valence-electron chi connectivity index (χ2n) is 12.1. The van der Waals surface area contributed by atoms with Crippen LogP contribution < -0.4 is 25.3 Å². The number of carbonyl (C=O) groups is 1. The lowest BCUT2D eigenvalue weighted by Gasteiger charge is -2.60. The molecule has 2 bridgehead atoms. The van der Waals surface area contributed by atoms with E-state index in [0.29, 0.717) is 42.4 Å². The number of benzene rings is 2. The van der Waals surface area contributed by atoms with Gasteiger partial charge in [-0.25, -0.2) is 0 Å². The maximum atomic E-state index is 12.8. The second kappa shape index (κ2) is 13.3. The number of ether oxygens (including phenoxy) is 3. The Bertz CT molecular complexity index is 1540. The van der Waals surface area contributed by atoms with Gasteiger partial charge in [0.2, 0.25) is 12.7 Å². The highest BCUT2D eigenvalue weighted by Gasteiger charge is 2.56. The zero-order valence-corrected chi connectivity index (χ0v) is 27.8. The molecule has 2 aromatic rings. The number of carbonyl (C=O) groups excluding carboxylic acids is 1.